The van der Waals surface area contributed by atoms with Crippen molar-refractivity contribution in [1.29, 1.82) is 0 Å². The zero-order valence-corrected chi connectivity index (χ0v) is 8.17. The van der Waals surface area contributed by atoms with Gasteiger partial charge in [-0.05, 0) is 36.6 Å². The minimum Gasteiger partial charge on any atom is -0.369 e. The van der Waals surface area contributed by atoms with Crippen molar-refractivity contribution in [1.82, 2.24) is 4.98 Å². The van der Waals surface area contributed by atoms with Gasteiger partial charge in [-0.25, -0.2) is 4.98 Å². The highest BCUT2D eigenvalue weighted by molar-refractivity contribution is 5.82. The summed E-state index contributed by atoms with van der Waals surface area (Å²) < 4.78 is 0. The Morgan fingerprint density at radius 1 is 1.29 bits per heavy atom. The molecule has 0 unspecified atom stereocenters. The smallest absolute Gasteiger partial charge is 0.129 e. The van der Waals surface area contributed by atoms with Gasteiger partial charge >= 0.3 is 0 Å². The van der Waals surface area contributed by atoms with E-state index >= 15 is 0 Å². The number of benzene rings is 1. The van der Waals surface area contributed by atoms with E-state index in [-0.39, 0.29) is 0 Å². The minimum atomic E-state index is 1.03. The summed E-state index contributed by atoms with van der Waals surface area (Å²) in [5, 5.41) is 4.55. The summed E-state index contributed by atoms with van der Waals surface area (Å²) in [6.45, 7) is 3.12. The molecule has 2 aromatic rings. The molecule has 1 aromatic heterocycles. The van der Waals surface area contributed by atoms with Crippen LogP contribution in [0.15, 0.2) is 24.3 Å². The average Bonchev–Trinajstić information content (AvgIpc) is 2.61. The molecule has 1 N–H and O–H groups in total. The van der Waals surface area contributed by atoms with Crippen molar-refractivity contribution in [3.05, 3.63) is 35.4 Å². The number of hydrogen-bond acceptors (Lipinski definition) is 2. The van der Waals surface area contributed by atoms with Gasteiger partial charge in [-0.3, -0.25) is 0 Å². The highest BCUT2D eigenvalue weighted by Crippen LogP contribution is 2.24. The van der Waals surface area contributed by atoms with Crippen LogP contribution in [0.25, 0.3) is 10.9 Å². The van der Waals surface area contributed by atoms with Crippen LogP contribution < -0.4 is 5.32 Å². The lowest BCUT2D eigenvalue weighted by molar-refractivity contribution is 1.11. The highest BCUT2D eigenvalue weighted by atomic mass is 15.0. The molecule has 14 heavy (non-hydrogen) atoms. The zero-order valence-electron chi connectivity index (χ0n) is 8.17. The Labute approximate surface area is 83.0 Å². The van der Waals surface area contributed by atoms with Gasteiger partial charge in [-0.15, -0.1) is 0 Å². The first-order valence-corrected chi connectivity index (χ1v) is 4.97. The van der Waals surface area contributed by atoms with Crippen molar-refractivity contribution in [2.45, 2.75) is 13.3 Å². The summed E-state index contributed by atoms with van der Waals surface area (Å²) >= 11 is 0. The number of aryl methyl sites for hydroxylation is 1. The van der Waals surface area contributed by atoms with Crippen molar-refractivity contribution in [3.8, 4) is 0 Å². The summed E-state index contributed by atoms with van der Waals surface area (Å²) in [5.41, 5.74) is 3.71. The topological polar surface area (TPSA) is 24.9 Å². The molecule has 70 valence electrons. The largest absolute Gasteiger partial charge is 0.369 e. The van der Waals surface area contributed by atoms with Crippen molar-refractivity contribution in [3.63, 3.8) is 0 Å². The predicted molar refractivity (Wildman–Crippen MR) is 58.7 cm³/mol. The molecule has 0 saturated heterocycles. The van der Waals surface area contributed by atoms with E-state index in [0.29, 0.717) is 0 Å². The lowest BCUT2D eigenvalue weighted by Crippen LogP contribution is -1.93. The van der Waals surface area contributed by atoms with Crippen LogP contribution in [0.2, 0.25) is 0 Å². The lowest BCUT2D eigenvalue weighted by Gasteiger charge is -2.03. The second-order valence-electron chi connectivity index (χ2n) is 3.87. The summed E-state index contributed by atoms with van der Waals surface area (Å²) in [6, 6.07) is 8.67. The van der Waals surface area contributed by atoms with E-state index in [1.165, 1.54) is 16.5 Å². The molecule has 1 aromatic carbocycles. The van der Waals surface area contributed by atoms with Crippen LogP contribution in [0.3, 0.4) is 0 Å². The van der Waals surface area contributed by atoms with E-state index in [2.05, 4.69) is 41.5 Å². The summed E-state index contributed by atoms with van der Waals surface area (Å²) in [7, 11) is 0. The van der Waals surface area contributed by atoms with Gasteiger partial charge in [0, 0.05) is 11.9 Å². The van der Waals surface area contributed by atoms with Crippen LogP contribution in [-0.4, -0.2) is 11.5 Å². The average molecular weight is 184 g/mol. The first-order valence-electron chi connectivity index (χ1n) is 4.97. The molecule has 2 nitrogen and oxygen atoms in total. The van der Waals surface area contributed by atoms with Crippen LogP contribution >= 0.6 is 0 Å². The number of fused-ring (bicyclic) bond motifs is 2. The number of anilines is 1. The number of nitrogens with one attached hydrogen (secondary N) is 1. The molecule has 0 spiro atoms. The van der Waals surface area contributed by atoms with E-state index in [0.717, 1.165) is 24.3 Å². The van der Waals surface area contributed by atoms with Gasteiger partial charge in [-0.1, -0.05) is 12.1 Å². The van der Waals surface area contributed by atoms with Crippen molar-refractivity contribution in [2.24, 2.45) is 0 Å². The van der Waals surface area contributed by atoms with Gasteiger partial charge in [0.15, 0.2) is 0 Å². The third-order valence-corrected chi connectivity index (χ3v) is 2.74. The molecule has 0 bridgehead atoms. The summed E-state index contributed by atoms with van der Waals surface area (Å²) in [5.74, 6) is 1.07. The molecule has 0 saturated carbocycles. The van der Waals surface area contributed by atoms with Crippen LogP contribution in [0.4, 0.5) is 5.82 Å². The van der Waals surface area contributed by atoms with E-state index < -0.39 is 0 Å². The number of hydrogen-bond donors (Lipinski definition) is 1. The fourth-order valence-electron chi connectivity index (χ4n) is 1.98. The maximum Gasteiger partial charge on any atom is 0.129 e. The molecule has 1 aliphatic rings. The van der Waals surface area contributed by atoms with Crippen LogP contribution in [0.5, 0.6) is 0 Å². The molecule has 0 radical (unpaired) electrons. The van der Waals surface area contributed by atoms with Gasteiger partial charge in [-0.2, -0.15) is 0 Å². The van der Waals surface area contributed by atoms with Gasteiger partial charge in [0.1, 0.15) is 5.82 Å². The van der Waals surface area contributed by atoms with E-state index in [1.807, 2.05) is 0 Å². The van der Waals surface area contributed by atoms with Crippen LogP contribution in [0.1, 0.15) is 11.1 Å². The number of aromatic nitrogens is 1. The third-order valence-electron chi connectivity index (χ3n) is 2.74. The summed E-state index contributed by atoms with van der Waals surface area (Å²) in [6.07, 6.45) is 1.10. The van der Waals surface area contributed by atoms with Gasteiger partial charge in [0.25, 0.3) is 0 Å². The van der Waals surface area contributed by atoms with E-state index in [9.17, 15) is 0 Å². The SMILES string of the molecule is Cc1ccc2cc3c(nc2c1)NCC3. The molecule has 0 amide bonds. The van der Waals surface area contributed by atoms with Gasteiger partial charge in [0.05, 0.1) is 5.52 Å². The van der Waals surface area contributed by atoms with Crippen molar-refractivity contribution >= 4 is 16.7 Å². The number of pyridine rings is 1. The van der Waals surface area contributed by atoms with Gasteiger partial charge < -0.3 is 5.32 Å². The Kier molecular flexibility index (Phi) is 1.51. The molecule has 2 heterocycles. The predicted octanol–water partition coefficient (Wildman–Crippen LogP) is 2.51. The first-order chi connectivity index (χ1) is 6.83. The van der Waals surface area contributed by atoms with E-state index in [1.54, 1.807) is 0 Å². The second kappa shape index (κ2) is 2.71. The summed E-state index contributed by atoms with van der Waals surface area (Å²) in [4.78, 5) is 4.61. The monoisotopic (exact) mass is 184 g/mol. The molecule has 2 heteroatoms. The highest BCUT2D eigenvalue weighted by Gasteiger charge is 2.11. The molecule has 3 rings (SSSR count). The molecule has 0 aliphatic carbocycles. The molecule has 0 atom stereocenters. The third kappa shape index (κ3) is 1.07. The van der Waals surface area contributed by atoms with E-state index in [4.69, 9.17) is 0 Å². The van der Waals surface area contributed by atoms with Crippen molar-refractivity contribution in [2.75, 3.05) is 11.9 Å². The fraction of sp³-hybridized carbons (Fsp3) is 0.250. The standard InChI is InChI=1S/C12H12N2/c1-8-2-3-9-7-10-4-5-13-12(10)14-11(9)6-8/h2-3,6-7H,4-5H2,1H3,(H,13,14). The van der Waals surface area contributed by atoms with Gasteiger partial charge in [0.2, 0.25) is 0 Å². The number of rotatable bonds is 0. The zero-order chi connectivity index (χ0) is 9.54. The Bertz CT molecular complexity index is 503. The minimum absolute atomic E-state index is 1.03. The molecular formula is C12H12N2. The van der Waals surface area contributed by atoms with Crippen LogP contribution in [0, 0.1) is 6.92 Å². The Morgan fingerprint density at radius 2 is 2.21 bits per heavy atom. The lowest BCUT2D eigenvalue weighted by atomic mass is 10.1. The quantitative estimate of drug-likeness (QED) is 0.680. The molecule has 1 aliphatic heterocycles. The Morgan fingerprint density at radius 3 is 3.14 bits per heavy atom. The van der Waals surface area contributed by atoms with Crippen LogP contribution in [-0.2, 0) is 6.42 Å². The molecular weight excluding hydrogens is 172 g/mol. The molecule has 0 fully saturated rings. The Balaban J connectivity index is 2.33. The normalized spacial score (nSPS) is 14.1. The maximum absolute atomic E-state index is 4.61. The first kappa shape index (κ1) is 7.80. The Hall–Kier alpha value is -1.57. The van der Waals surface area contributed by atoms with Crippen molar-refractivity contribution < 1.29 is 0 Å². The fourth-order valence-corrected chi connectivity index (χ4v) is 1.98. The second-order valence-corrected chi connectivity index (χ2v) is 3.87. The maximum atomic E-state index is 4.61. The number of nitrogens with zero attached hydrogens (tertiary/aromatic N) is 1.